The minimum absolute atomic E-state index is 0.788. The fourth-order valence-electron chi connectivity index (χ4n) is 4.03. The molecule has 2 nitrogen and oxygen atoms in total. The zero-order valence-electron chi connectivity index (χ0n) is 20.5. The highest BCUT2D eigenvalue weighted by Crippen LogP contribution is 2.26. The van der Waals surface area contributed by atoms with E-state index in [1.807, 2.05) is 24.5 Å². The van der Waals surface area contributed by atoms with Gasteiger partial charge in [0.25, 0.3) is 0 Å². The summed E-state index contributed by atoms with van der Waals surface area (Å²) in [6.45, 7) is 0.788. The molecule has 2 heterocycles. The Labute approximate surface area is 219 Å². The van der Waals surface area contributed by atoms with Crippen LogP contribution in [0.5, 0.6) is 0 Å². The first-order valence-corrected chi connectivity index (χ1v) is 12.0. The molecule has 0 N–H and O–H groups in total. The summed E-state index contributed by atoms with van der Waals surface area (Å²) in [5.41, 5.74) is 8.34. The molecule has 0 amide bonds. The van der Waals surface area contributed by atoms with E-state index < -0.39 is 7.25 Å². The van der Waals surface area contributed by atoms with E-state index in [1.165, 1.54) is 27.9 Å². The Kier molecular flexibility index (Phi) is 8.83. The molecule has 3 aromatic carbocycles. The second-order valence-electron chi connectivity index (χ2n) is 8.47. The molecule has 5 aromatic rings. The van der Waals surface area contributed by atoms with Crippen LogP contribution in [0.4, 0.5) is 17.3 Å². The Bertz CT molecular complexity index is 1450. The van der Waals surface area contributed by atoms with Gasteiger partial charge in [0.15, 0.2) is 6.54 Å². The first-order valence-electron chi connectivity index (χ1n) is 12.0. The maximum absolute atomic E-state index is 9.75. The number of aromatic nitrogens is 2. The van der Waals surface area contributed by atoms with E-state index in [0.29, 0.717) is 0 Å². The average Bonchev–Trinajstić information content (AvgIpc) is 2.93. The van der Waals surface area contributed by atoms with E-state index in [1.54, 1.807) is 0 Å². The third kappa shape index (κ3) is 8.00. The fraction of sp³-hybridized carbons (Fsp3) is 0.0323. The molecule has 0 spiro atoms. The molecule has 0 atom stereocenters. The van der Waals surface area contributed by atoms with E-state index in [0.717, 1.165) is 17.8 Å². The summed E-state index contributed by atoms with van der Waals surface area (Å²) in [4.78, 5) is 4.14. The molecule has 0 saturated heterocycles. The molecule has 38 heavy (non-hydrogen) atoms. The Morgan fingerprint density at radius 3 is 1.71 bits per heavy atom. The van der Waals surface area contributed by atoms with Crippen LogP contribution in [0, 0.1) is 0 Å². The van der Waals surface area contributed by atoms with Crippen LogP contribution in [-0.4, -0.2) is 12.2 Å². The van der Waals surface area contributed by atoms with Crippen LogP contribution in [0.1, 0.15) is 16.8 Å². The molecule has 2 aromatic heterocycles. The van der Waals surface area contributed by atoms with Gasteiger partial charge in [0, 0.05) is 41.7 Å². The van der Waals surface area contributed by atoms with Crippen LogP contribution in [0.25, 0.3) is 34.5 Å². The summed E-state index contributed by atoms with van der Waals surface area (Å²) in [6.07, 6.45) is 8.01. The van der Waals surface area contributed by atoms with Gasteiger partial charge in [-0.2, -0.15) is 4.57 Å². The highest BCUT2D eigenvalue weighted by molar-refractivity contribution is 6.50. The van der Waals surface area contributed by atoms with Gasteiger partial charge in [-0.25, -0.2) is 0 Å². The van der Waals surface area contributed by atoms with Crippen LogP contribution in [0.15, 0.2) is 128 Å². The first kappa shape index (κ1) is 26.5. The lowest BCUT2D eigenvalue weighted by Crippen LogP contribution is -2.40. The normalized spacial score (nSPS) is 11.2. The van der Waals surface area contributed by atoms with Gasteiger partial charge >= 0.3 is 7.25 Å². The molecule has 5 rings (SSSR count). The second-order valence-corrected chi connectivity index (χ2v) is 8.47. The molecule has 0 bridgehead atoms. The summed E-state index contributed by atoms with van der Waals surface area (Å²) < 4.78 is 41.4. The average molecular weight is 512 g/mol. The van der Waals surface area contributed by atoms with Crippen LogP contribution in [0.2, 0.25) is 0 Å². The number of benzene rings is 3. The molecule has 0 fully saturated rings. The summed E-state index contributed by atoms with van der Waals surface area (Å²) in [5.74, 6) is 0. The smallest absolute Gasteiger partial charge is 0.418 e. The number of rotatable bonds is 6. The van der Waals surface area contributed by atoms with Crippen molar-refractivity contribution < 1.29 is 21.8 Å². The summed E-state index contributed by atoms with van der Waals surface area (Å²) in [6, 6.07) is 40.5. The Morgan fingerprint density at radius 2 is 1.13 bits per heavy atom. The molecule has 0 aliphatic heterocycles. The van der Waals surface area contributed by atoms with Gasteiger partial charge in [-0.1, -0.05) is 78.9 Å². The van der Waals surface area contributed by atoms with Crippen molar-refractivity contribution in [2.24, 2.45) is 0 Å². The Morgan fingerprint density at radius 1 is 0.605 bits per heavy atom. The maximum atomic E-state index is 9.75. The van der Waals surface area contributed by atoms with E-state index >= 15 is 0 Å². The summed E-state index contributed by atoms with van der Waals surface area (Å²) in [5, 5.41) is 0. The third-order valence-electron chi connectivity index (χ3n) is 5.71. The van der Waals surface area contributed by atoms with Gasteiger partial charge in [-0.3, -0.25) is 4.98 Å². The highest BCUT2D eigenvalue weighted by atomic mass is 19.5. The van der Waals surface area contributed by atoms with Crippen molar-refractivity contribution in [2.75, 3.05) is 0 Å². The molecule has 7 heteroatoms. The van der Waals surface area contributed by atoms with Crippen molar-refractivity contribution in [1.29, 1.82) is 0 Å². The van der Waals surface area contributed by atoms with E-state index in [2.05, 4.69) is 125 Å². The molecule has 0 radical (unpaired) electrons. The van der Waals surface area contributed by atoms with Crippen molar-refractivity contribution in [2.45, 2.75) is 6.54 Å². The highest BCUT2D eigenvalue weighted by Gasteiger charge is 2.21. The predicted octanol–water partition coefficient (Wildman–Crippen LogP) is 8.22. The van der Waals surface area contributed by atoms with Gasteiger partial charge in [0.05, 0.1) is 0 Å². The van der Waals surface area contributed by atoms with Crippen LogP contribution < -0.4 is 4.57 Å². The number of nitrogens with zero attached hydrogens (tertiary/aromatic N) is 2. The van der Waals surface area contributed by atoms with Crippen molar-refractivity contribution in [3.8, 4) is 22.4 Å². The molecule has 190 valence electrons. The first-order chi connectivity index (χ1) is 18.4. The molecule has 0 saturated carbocycles. The van der Waals surface area contributed by atoms with Crippen LogP contribution >= 0.6 is 0 Å². The zero-order chi connectivity index (χ0) is 26.8. The predicted molar refractivity (Wildman–Crippen MR) is 146 cm³/mol. The summed E-state index contributed by atoms with van der Waals surface area (Å²) >= 11 is 0. The number of hydrogen-bond donors (Lipinski definition) is 0. The van der Waals surface area contributed by atoms with Gasteiger partial charge in [0.1, 0.15) is 0 Å². The fourth-order valence-corrected chi connectivity index (χ4v) is 4.03. The molecule has 0 unspecified atom stereocenters. The Hall–Kier alpha value is -4.52. The third-order valence-corrected chi connectivity index (χ3v) is 5.71. The maximum Gasteiger partial charge on any atom is 0.673 e. The van der Waals surface area contributed by atoms with Gasteiger partial charge < -0.3 is 17.3 Å². The van der Waals surface area contributed by atoms with Gasteiger partial charge in [-0.05, 0) is 47.0 Å². The quantitative estimate of drug-likeness (QED) is 0.127. The van der Waals surface area contributed by atoms with E-state index in [4.69, 9.17) is 0 Å². The van der Waals surface area contributed by atoms with E-state index in [-0.39, 0.29) is 0 Å². The van der Waals surface area contributed by atoms with Crippen LogP contribution in [0.3, 0.4) is 0 Å². The number of hydrogen-bond acceptors (Lipinski definition) is 1. The lowest BCUT2D eigenvalue weighted by Gasteiger charge is -2.11. The van der Waals surface area contributed by atoms with Crippen LogP contribution in [-0.2, 0) is 6.54 Å². The minimum Gasteiger partial charge on any atom is -0.418 e. The molecular weight excluding hydrogens is 487 g/mol. The molecule has 0 aliphatic carbocycles. The lowest BCUT2D eigenvalue weighted by atomic mass is 10.0. The minimum atomic E-state index is -6.00. The Balaban J connectivity index is 0.000000617. The monoisotopic (exact) mass is 512 g/mol. The van der Waals surface area contributed by atoms with E-state index in [9.17, 15) is 17.3 Å². The number of pyridine rings is 2. The molecular formula is C31H25BF4N2. The summed E-state index contributed by atoms with van der Waals surface area (Å²) in [7, 11) is -6.00. The van der Waals surface area contributed by atoms with Crippen molar-refractivity contribution in [3.63, 3.8) is 0 Å². The largest absolute Gasteiger partial charge is 0.673 e. The zero-order valence-corrected chi connectivity index (χ0v) is 20.5. The lowest BCUT2D eigenvalue weighted by molar-refractivity contribution is -0.679. The topological polar surface area (TPSA) is 16.8 Å². The molecule has 0 aliphatic rings. The standard InChI is InChI=1S/C31H25N2.BF4/c1-4-10-26(11-5-1)24-33-30(17-16-25-18-20-32-21-19-25)22-29(27-12-6-2-7-13-27)23-31(33)28-14-8-3-9-15-28;2-1(3,4)5/h1-23H,24H2;/q+1;-1/b17-16+;. The second kappa shape index (κ2) is 12.6. The van der Waals surface area contributed by atoms with Gasteiger partial charge in [-0.15, -0.1) is 0 Å². The number of halogens is 4. The van der Waals surface area contributed by atoms with Gasteiger partial charge in [0.2, 0.25) is 11.4 Å². The van der Waals surface area contributed by atoms with Crippen molar-refractivity contribution in [1.82, 2.24) is 4.98 Å². The SMILES string of the molecule is C(=C\c1cc(-c2ccccc2)cc(-c2ccccc2)[n+]1Cc1ccccc1)/c1ccncc1.F[B-](F)(F)F. The van der Waals surface area contributed by atoms with Crippen molar-refractivity contribution in [3.05, 3.63) is 144 Å². The van der Waals surface area contributed by atoms with Crippen molar-refractivity contribution >= 4 is 19.4 Å².